The molecule has 1 aromatic rings. The van der Waals surface area contributed by atoms with Crippen LogP contribution in [0.1, 0.15) is 5.56 Å². The van der Waals surface area contributed by atoms with E-state index in [0.29, 0.717) is 4.47 Å². The van der Waals surface area contributed by atoms with Gasteiger partial charge in [0.05, 0.1) is 10.5 Å². The lowest BCUT2D eigenvalue weighted by atomic mass is 10.1. The Morgan fingerprint density at radius 2 is 2.20 bits per heavy atom. The van der Waals surface area contributed by atoms with Gasteiger partial charge in [0.15, 0.2) is 0 Å². The molecule has 1 rings (SSSR count). The summed E-state index contributed by atoms with van der Waals surface area (Å²) < 4.78 is 0.481. The molecule has 0 spiro atoms. The van der Waals surface area contributed by atoms with Crippen molar-refractivity contribution in [1.82, 2.24) is 0 Å². The fourth-order valence-electron chi connectivity index (χ4n) is 1.00. The fraction of sp³-hybridized carbons (Fsp3) is 0. The lowest BCUT2D eigenvalue weighted by Gasteiger charge is -1.99. The van der Waals surface area contributed by atoms with Gasteiger partial charge in [0.25, 0.3) is 5.69 Å². The molecule has 0 radical (unpaired) electrons. The van der Waals surface area contributed by atoms with E-state index in [9.17, 15) is 14.9 Å². The third kappa shape index (κ3) is 2.88. The summed E-state index contributed by atoms with van der Waals surface area (Å²) in [5.41, 5.74) is 0.103. The molecule has 6 heteroatoms. The van der Waals surface area contributed by atoms with E-state index in [4.69, 9.17) is 5.11 Å². The van der Waals surface area contributed by atoms with Crippen LogP contribution in [0.3, 0.4) is 0 Å². The summed E-state index contributed by atoms with van der Waals surface area (Å²) in [6.45, 7) is 0. The van der Waals surface area contributed by atoms with Crippen molar-refractivity contribution in [2.45, 2.75) is 0 Å². The van der Waals surface area contributed by atoms with Crippen LogP contribution >= 0.6 is 15.9 Å². The molecule has 0 amide bonds. The number of benzene rings is 1. The number of nitro benzene ring substituents is 1. The number of halogens is 1. The van der Waals surface area contributed by atoms with Gasteiger partial charge < -0.3 is 5.11 Å². The highest BCUT2D eigenvalue weighted by atomic mass is 79.9. The van der Waals surface area contributed by atoms with Crippen LogP contribution < -0.4 is 0 Å². The lowest BCUT2D eigenvalue weighted by molar-refractivity contribution is -0.385. The Hall–Kier alpha value is -1.69. The number of carboxylic acid groups (broad SMARTS) is 1. The molecule has 0 heterocycles. The number of carboxylic acids is 1. The van der Waals surface area contributed by atoms with Crippen LogP contribution in [-0.4, -0.2) is 16.0 Å². The molecule has 1 aromatic carbocycles. The molecule has 0 unspecified atom stereocenters. The van der Waals surface area contributed by atoms with E-state index in [1.165, 1.54) is 18.2 Å². The maximum absolute atomic E-state index is 10.6. The van der Waals surface area contributed by atoms with Crippen molar-refractivity contribution in [3.8, 4) is 0 Å². The molecule has 0 bridgehead atoms. The Bertz CT molecular complexity index is 442. The lowest BCUT2D eigenvalue weighted by Crippen LogP contribution is -1.93. The average Bonchev–Trinajstić information content (AvgIpc) is 2.15. The van der Waals surface area contributed by atoms with Gasteiger partial charge in [-0.05, 0) is 28.1 Å². The van der Waals surface area contributed by atoms with Crippen LogP contribution in [-0.2, 0) is 4.79 Å². The highest BCUT2D eigenvalue weighted by Gasteiger charge is 2.13. The third-order valence-electron chi connectivity index (χ3n) is 1.62. The predicted molar refractivity (Wildman–Crippen MR) is 57.5 cm³/mol. The minimum absolute atomic E-state index is 0.137. The molecular formula is C9H6BrNO4. The molecule has 5 nitrogen and oxygen atoms in total. The zero-order valence-corrected chi connectivity index (χ0v) is 8.97. The summed E-state index contributed by atoms with van der Waals surface area (Å²) in [4.78, 5) is 20.4. The van der Waals surface area contributed by atoms with Crippen molar-refractivity contribution in [2.24, 2.45) is 0 Å². The normalized spacial score (nSPS) is 10.5. The van der Waals surface area contributed by atoms with Gasteiger partial charge in [-0.3, -0.25) is 10.1 Å². The van der Waals surface area contributed by atoms with E-state index in [1.807, 2.05) is 0 Å². The first-order valence-corrected chi connectivity index (χ1v) is 4.65. The van der Waals surface area contributed by atoms with E-state index in [1.54, 1.807) is 6.07 Å². The number of nitro groups is 1. The molecule has 0 aromatic heterocycles. The van der Waals surface area contributed by atoms with Crippen LogP contribution in [0.2, 0.25) is 0 Å². The molecule has 78 valence electrons. The molecular weight excluding hydrogens is 266 g/mol. The number of carbonyl (C=O) groups is 1. The van der Waals surface area contributed by atoms with Gasteiger partial charge in [-0.25, -0.2) is 4.79 Å². The number of aliphatic carboxylic acids is 1. The Kier molecular flexibility index (Phi) is 3.56. The van der Waals surface area contributed by atoms with Gasteiger partial charge in [0.2, 0.25) is 0 Å². The number of hydrogen-bond acceptors (Lipinski definition) is 3. The topological polar surface area (TPSA) is 80.4 Å². The van der Waals surface area contributed by atoms with Gasteiger partial charge in [-0.15, -0.1) is 0 Å². The Labute approximate surface area is 93.3 Å². The minimum atomic E-state index is -1.15. The summed E-state index contributed by atoms with van der Waals surface area (Å²) in [7, 11) is 0. The van der Waals surface area contributed by atoms with E-state index >= 15 is 0 Å². The van der Waals surface area contributed by atoms with E-state index in [-0.39, 0.29) is 11.3 Å². The van der Waals surface area contributed by atoms with Crippen LogP contribution in [0.25, 0.3) is 6.08 Å². The van der Waals surface area contributed by atoms with Gasteiger partial charge >= 0.3 is 5.97 Å². The highest BCUT2D eigenvalue weighted by molar-refractivity contribution is 9.10. The van der Waals surface area contributed by atoms with Gasteiger partial charge in [-0.2, -0.15) is 0 Å². The van der Waals surface area contributed by atoms with Gasteiger partial charge in [-0.1, -0.05) is 6.07 Å². The van der Waals surface area contributed by atoms with Crippen molar-refractivity contribution in [1.29, 1.82) is 0 Å². The molecule has 15 heavy (non-hydrogen) atoms. The molecule has 0 aliphatic heterocycles. The van der Waals surface area contributed by atoms with Crippen molar-refractivity contribution < 1.29 is 14.8 Å². The first-order chi connectivity index (χ1) is 7.02. The maximum atomic E-state index is 10.6. The molecule has 0 fully saturated rings. The zero-order valence-electron chi connectivity index (χ0n) is 7.38. The number of hydrogen-bond donors (Lipinski definition) is 1. The average molecular weight is 272 g/mol. The van der Waals surface area contributed by atoms with E-state index in [2.05, 4.69) is 15.9 Å². The molecule has 0 atom stereocenters. The molecule has 0 saturated heterocycles. The number of rotatable bonds is 3. The summed E-state index contributed by atoms with van der Waals surface area (Å²) in [5, 5.41) is 19.0. The van der Waals surface area contributed by atoms with E-state index < -0.39 is 10.9 Å². The maximum Gasteiger partial charge on any atom is 0.328 e. The molecule has 1 N–H and O–H groups in total. The SMILES string of the molecule is O=C(O)C=Cc1c(Br)cccc1[N+](=O)[O-]. The second kappa shape index (κ2) is 4.70. The van der Waals surface area contributed by atoms with Crippen molar-refractivity contribution >= 4 is 33.7 Å². The number of nitrogens with zero attached hydrogens (tertiary/aromatic N) is 1. The van der Waals surface area contributed by atoms with Gasteiger partial charge in [0, 0.05) is 16.6 Å². The second-order valence-electron chi connectivity index (χ2n) is 2.60. The Morgan fingerprint density at radius 3 is 2.73 bits per heavy atom. The Balaban J connectivity index is 3.25. The standard InChI is InChI=1S/C9H6BrNO4/c10-7-2-1-3-8(11(14)15)6(7)4-5-9(12)13/h1-5H,(H,12,13). The zero-order chi connectivity index (χ0) is 11.4. The largest absolute Gasteiger partial charge is 0.478 e. The molecule has 0 aliphatic rings. The molecule has 0 aliphatic carbocycles. The van der Waals surface area contributed by atoms with Gasteiger partial charge in [0.1, 0.15) is 0 Å². The minimum Gasteiger partial charge on any atom is -0.478 e. The summed E-state index contributed by atoms with van der Waals surface area (Å²) in [6, 6.07) is 4.43. The van der Waals surface area contributed by atoms with Crippen molar-refractivity contribution in [3.05, 3.63) is 44.4 Å². The van der Waals surface area contributed by atoms with Crippen LogP contribution in [0.5, 0.6) is 0 Å². The summed E-state index contributed by atoms with van der Waals surface area (Å²) >= 11 is 3.12. The predicted octanol–water partition coefficient (Wildman–Crippen LogP) is 2.46. The third-order valence-corrected chi connectivity index (χ3v) is 2.31. The van der Waals surface area contributed by atoms with Crippen molar-refractivity contribution in [2.75, 3.05) is 0 Å². The van der Waals surface area contributed by atoms with Crippen LogP contribution in [0, 0.1) is 10.1 Å². The monoisotopic (exact) mass is 271 g/mol. The smallest absolute Gasteiger partial charge is 0.328 e. The first-order valence-electron chi connectivity index (χ1n) is 3.86. The first kappa shape index (κ1) is 11.4. The summed E-state index contributed by atoms with van der Waals surface area (Å²) in [5.74, 6) is -1.15. The van der Waals surface area contributed by atoms with E-state index in [0.717, 1.165) is 6.08 Å². The quantitative estimate of drug-likeness (QED) is 0.520. The highest BCUT2D eigenvalue weighted by Crippen LogP contribution is 2.27. The molecule has 0 saturated carbocycles. The summed E-state index contributed by atoms with van der Waals surface area (Å²) in [6.07, 6.45) is 2.04. The Morgan fingerprint density at radius 1 is 1.53 bits per heavy atom. The second-order valence-corrected chi connectivity index (χ2v) is 3.46. The van der Waals surface area contributed by atoms with Crippen LogP contribution in [0.15, 0.2) is 28.7 Å². The van der Waals surface area contributed by atoms with Crippen LogP contribution in [0.4, 0.5) is 5.69 Å². The fourth-order valence-corrected chi connectivity index (χ4v) is 1.49. The van der Waals surface area contributed by atoms with Crippen molar-refractivity contribution in [3.63, 3.8) is 0 Å².